The average Bonchev–Trinajstić information content (AvgIpc) is 2.31. The van der Waals surface area contributed by atoms with E-state index in [0.29, 0.717) is 0 Å². The van der Waals surface area contributed by atoms with Crippen LogP contribution in [0.25, 0.3) is 0 Å². The lowest BCUT2D eigenvalue weighted by atomic mass is 10.1. The maximum atomic E-state index is 9.21. The molecule has 1 heterocycles. The molecule has 2 N–H and O–H groups in total. The van der Waals surface area contributed by atoms with Crippen LogP contribution in [0.2, 0.25) is 0 Å². The Kier molecular flexibility index (Phi) is 5.58. The maximum Gasteiger partial charge on any atom is 0.105 e. The summed E-state index contributed by atoms with van der Waals surface area (Å²) < 4.78 is 6.37. The second-order valence-electron chi connectivity index (χ2n) is 4.49. The predicted octanol–water partition coefficient (Wildman–Crippen LogP) is 0.849. The summed E-state index contributed by atoms with van der Waals surface area (Å²) in [6, 6.07) is 10.5. The van der Waals surface area contributed by atoms with Crippen LogP contribution in [0.15, 0.2) is 30.3 Å². The molecule has 0 atom stereocenters. The van der Waals surface area contributed by atoms with Gasteiger partial charge in [0.1, 0.15) is 26.2 Å². The van der Waals surface area contributed by atoms with E-state index < -0.39 is 0 Å². The summed E-state index contributed by atoms with van der Waals surface area (Å²) >= 11 is 0. The molecular weight excluding hydrogens is 218 g/mol. The molecule has 1 aromatic rings. The van der Waals surface area contributed by atoms with Gasteiger partial charge in [0.05, 0.1) is 19.8 Å². The molecule has 0 aromatic heterocycles. The van der Waals surface area contributed by atoms with Crippen molar-refractivity contribution < 1.29 is 19.8 Å². The van der Waals surface area contributed by atoms with Gasteiger partial charge in [0, 0.05) is 5.56 Å². The van der Waals surface area contributed by atoms with E-state index in [0.717, 1.165) is 43.9 Å². The van der Waals surface area contributed by atoms with E-state index >= 15 is 0 Å². The molecule has 0 radical (unpaired) electrons. The molecule has 0 amide bonds. The van der Waals surface area contributed by atoms with Gasteiger partial charge in [-0.15, -0.1) is 0 Å². The standard InChI is InChI=1S/C13H20NO2.H2O/c15-9-6-14(7-10-16-11-8-14)12-13-4-2-1-3-5-13;/h1-5,15H,6-12H2;1H2/q+1;/p-1. The van der Waals surface area contributed by atoms with Gasteiger partial charge >= 0.3 is 0 Å². The molecule has 2 rings (SSSR count). The second-order valence-corrected chi connectivity index (χ2v) is 4.49. The molecule has 0 bridgehead atoms. The Morgan fingerprint density at radius 1 is 1.12 bits per heavy atom. The molecule has 1 saturated heterocycles. The highest BCUT2D eigenvalue weighted by Crippen LogP contribution is 2.16. The minimum Gasteiger partial charge on any atom is -0.870 e. The Balaban J connectivity index is 0.00000144. The molecule has 96 valence electrons. The smallest absolute Gasteiger partial charge is 0.105 e. The van der Waals surface area contributed by atoms with E-state index in [-0.39, 0.29) is 12.1 Å². The van der Waals surface area contributed by atoms with Crippen molar-refractivity contribution in [3.8, 4) is 0 Å². The van der Waals surface area contributed by atoms with Crippen molar-refractivity contribution in [2.45, 2.75) is 6.54 Å². The van der Waals surface area contributed by atoms with Crippen LogP contribution in [0, 0.1) is 0 Å². The second kappa shape index (κ2) is 6.71. The number of rotatable bonds is 4. The average molecular weight is 239 g/mol. The molecule has 17 heavy (non-hydrogen) atoms. The molecule has 1 aliphatic heterocycles. The van der Waals surface area contributed by atoms with Crippen molar-refractivity contribution in [1.82, 2.24) is 0 Å². The van der Waals surface area contributed by atoms with Gasteiger partial charge in [0.15, 0.2) is 0 Å². The van der Waals surface area contributed by atoms with Crippen LogP contribution in [0.5, 0.6) is 0 Å². The van der Waals surface area contributed by atoms with Crippen LogP contribution < -0.4 is 0 Å². The fraction of sp³-hybridized carbons (Fsp3) is 0.538. The molecule has 4 heteroatoms. The predicted molar refractivity (Wildman–Crippen MR) is 64.8 cm³/mol. The summed E-state index contributed by atoms with van der Waals surface area (Å²) in [7, 11) is 0. The lowest BCUT2D eigenvalue weighted by Gasteiger charge is -2.41. The van der Waals surface area contributed by atoms with E-state index in [9.17, 15) is 5.11 Å². The first-order valence-electron chi connectivity index (χ1n) is 5.92. The quantitative estimate of drug-likeness (QED) is 0.792. The fourth-order valence-corrected chi connectivity index (χ4v) is 2.37. The Morgan fingerprint density at radius 2 is 1.76 bits per heavy atom. The summed E-state index contributed by atoms with van der Waals surface area (Å²) in [6.07, 6.45) is 0. The molecule has 0 saturated carbocycles. The number of hydrogen-bond acceptors (Lipinski definition) is 3. The van der Waals surface area contributed by atoms with Crippen molar-refractivity contribution >= 4 is 0 Å². The minimum atomic E-state index is 0. The van der Waals surface area contributed by atoms with Crippen LogP contribution in [0.3, 0.4) is 0 Å². The number of morpholine rings is 1. The van der Waals surface area contributed by atoms with Crippen LogP contribution in [0.4, 0.5) is 0 Å². The SMILES string of the molecule is OCC[N+]1(Cc2ccccc2)CCOCC1.[OH-]. The van der Waals surface area contributed by atoms with Crippen molar-refractivity contribution in [3.05, 3.63) is 35.9 Å². The first kappa shape index (κ1) is 14.1. The maximum absolute atomic E-state index is 9.21. The monoisotopic (exact) mass is 239 g/mol. The molecular formula is C13H21NO3. The Hall–Kier alpha value is -0.940. The summed E-state index contributed by atoms with van der Waals surface area (Å²) in [5, 5.41) is 9.21. The van der Waals surface area contributed by atoms with E-state index in [4.69, 9.17) is 4.74 Å². The van der Waals surface area contributed by atoms with Gasteiger partial charge in [-0.2, -0.15) is 0 Å². The molecule has 1 aromatic carbocycles. The van der Waals surface area contributed by atoms with Gasteiger partial charge in [0.25, 0.3) is 0 Å². The summed E-state index contributed by atoms with van der Waals surface area (Å²) in [6.45, 7) is 5.74. The highest BCUT2D eigenvalue weighted by Gasteiger charge is 2.29. The Bertz CT molecular complexity index is 304. The number of hydrogen-bond donors (Lipinski definition) is 1. The molecule has 1 fully saturated rings. The van der Waals surface area contributed by atoms with Crippen LogP contribution in [-0.4, -0.2) is 54.5 Å². The van der Waals surface area contributed by atoms with Crippen molar-refractivity contribution in [3.63, 3.8) is 0 Å². The van der Waals surface area contributed by atoms with Crippen molar-refractivity contribution in [1.29, 1.82) is 0 Å². The normalized spacial score (nSPS) is 18.4. The van der Waals surface area contributed by atoms with E-state index in [1.54, 1.807) is 0 Å². The fourth-order valence-electron chi connectivity index (χ4n) is 2.37. The lowest BCUT2D eigenvalue weighted by Crippen LogP contribution is -2.55. The van der Waals surface area contributed by atoms with Gasteiger partial charge in [-0.25, -0.2) is 0 Å². The molecule has 0 spiro atoms. The summed E-state index contributed by atoms with van der Waals surface area (Å²) in [4.78, 5) is 0. The number of nitrogens with zero attached hydrogens (tertiary/aromatic N) is 1. The molecule has 1 aliphatic rings. The van der Waals surface area contributed by atoms with E-state index in [2.05, 4.69) is 24.3 Å². The Morgan fingerprint density at radius 3 is 2.35 bits per heavy atom. The van der Waals surface area contributed by atoms with Crippen LogP contribution >= 0.6 is 0 Å². The zero-order valence-corrected chi connectivity index (χ0v) is 10.1. The van der Waals surface area contributed by atoms with E-state index in [1.165, 1.54) is 5.56 Å². The zero-order chi connectivity index (χ0) is 11.3. The highest BCUT2D eigenvalue weighted by atomic mass is 16.5. The zero-order valence-electron chi connectivity index (χ0n) is 10.1. The third kappa shape index (κ3) is 3.78. The largest absolute Gasteiger partial charge is 0.870 e. The molecule has 4 nitrogen and oxygen atoms in total. The highest BCUT2D eigenvalue weighted by molar-refractivity contribution is 5.13. The first-order chi connectivity index (χ1) is 7.85. The van der Waals surface area contributed by atoms with Gasteiger partial charge in [0.2, 0.25) is 0 Å². The lowest BCUT2D eigenvalue weighted by molar-refractivity contribution is -0.947. The van der Waals surface area contributed by atoms with Gasteiger partial charge in [-0.3, -0.25) is 0 Å². The van der Waals surface area contributed by atoms with Gasteiger partial charge in [-0.05, 0) is 0 Å². The van der Waals surface area contributed by atoms with Gasteiger partial charge < -0.3 is 19.8 Å². The van der Waals surface area contributed by atoms with E-state index in [1.807, 2.05) is 6.07 Å². The summed E-state index contributed by atoms with van der Waals surface area (Å²) in [5.74, 6) is 0. The molecule has 0 unspecified atom stereocenters. The van der Waals surface area contributed by atoms with Crippen LogP contribution in [0.1, 0.15) is 5.56 Å². The van der Waals surface area contributed by atoms with Crippen molar-refractivity contribution in [2.75, 3.05) is 39.5 Å². The summed E-state index contributed by atoms with van der Waals surface area (Å²) in [5.41, 5.74) is 1.35. The minimum absolute atomic E-state index is 0. The number of benzene rings is 1. The topological polar surface area (TPSA) is 59.5 Å². The first-order valence-corrected chi connectivity index (χ1v) is 5.92. The molecule has 0 aliphatic carbocycles. The third-order valence-electron chi connectivity index (χ3n) is 3.36. The van der Waals surface area contributed by atoms with Crippen molar-refractivity contribution in [2.24, 2.45) is 0 Å². The van der Waals surface area contributed by atoms with Crippen LogP contribution in [-0.2, 0) is 11.3 Å². The number of aliphatic hydroxyl groups excluding tert-OH is 1. The number of ether oxygens (including phenoxy) is 1. The van der Waals surface area contributed by atoms with Gasteiger partial charge in [-0.1, -0.05) is 30.3 Å². The Labute approximate surface area is 102 Å². The number of quaternary nitrogens is 1. The third-order valence-corrected chi connectivity index (χ3v) is 3.36. The number of aliphatic hydroxyl groups is 1.